The van der Waals surface area contributed by atoms with Crippen LogP contribution >= 0.6 is 7.82 Å². The van der Waals surface area contributed by atoms with Gasteiger partial charge in [-0.05, 0) is 70.6 Å². The van der Waals surface area contributed by atoms with E-state index in [2.05, 4.69) is 79.9 Å². The van der Waals surface area contributed by atoms with Crippen molar-refractivity contribution in [1.29, 1.82) is 0 Å². The number of unbranched alkanes of at least 4 members (excludes halogenated alkanes) is 9. The summed E-state index contributed by atoms with van der Waals surface area (Å²) in [5.41, 5.74) is 0. The maximum absolute atomic E-state index is 12.8. The molecule has 0 bridgehead atoms. The van der Waals surface area contributed by atoms with Crippen molar-refractivity contribution >= 4 is 13.7 Å². The molecule has 3 atom stereocenters. The lowest BCUT2D eigenvalue weighted by atomic mass is 10.1. The fourth-order valence-corrected chi connectivity index (χ4v) is 5.42. The van der Waals surface area contributed by atoms with Gasteiger partial charge in [-0.2, -0.15) is 0 Å². The summed E-state index contributed by atoms with van der Waals surface area (Å²) in [4.78, 5) is 23.0. The van der Waals surface area contributed by atoms with E-state index < -0.39 is 20.0 Å². The van der Waals surface area contributed by atoms with Crippen LogP contribution < -0.4 is 5.32 Å². The average Bonchev–Trinajstić information content (AvgIpc) is 3.04. The highest BCUT2D eigenvalue weighted by atomic mass is 31.2. The number of amides is 1. The zero-order chi connectivity index (χ0) is 36.5. The van der Waals surface area contributed by atoms with Gasteiger partial charge in [-0.3, -0.25) is 13.8 Å². The standard InChI is InChI=1S/C40H71N2O6P/c1-6-8-10-12-14-16-18-19-20-21-22-23-24-26-28-30-32-34-40(44)41-38(37-48-49(45,46)47-36-35-42(3,4)5)39(43)33-31-29-27-25-17-15-13-11-9-7-2/h8-11,14,16-17,19-20,25,31,33,38-39,43H,6-7,12-13,15,18,21-24,26-30,32,34-37H2,1-5H3,(H-,41,44,45,46)/p+1/b10-8-,11-9+,16-14-,20-19-,25-17+,33-31+. The smallest absolute Gasteiger partial charge is 0.387 e. The van der Waals surface area contributed by atoms with Crippen molar-refractivity contribution in [3.8, 4) is 0 Å². The fourth-order valence-electron chi connectivity index (χ4n) is 4.68. The van der Waals surface area contributed by atoms with Crippen molar-refractivity contribution in [2.45, 2.75) is 135 Å². The number of carbonyl (C=O) groups excluding carboxylic acids is 1. The number of hydrogen-bond donors (Lipinski definition) is 3. The number of nitrogens with zero attached hydrogens (tertiary/aromatic N) is 1. The van der Waals surface area contributed by atoms with Gasteiger partial charge in [0.15, 0.2) is 0 Å². The molecule has 3 N–H and O–H groups in total. The zero-order valence-electron chi connectivity index (χ0n) is 31.6. The Morgan fingerprint density at radius 3 is 1.80 bits per heavy atom. The molecule has 0 heterocycles. The minimum Gasteiger partial charge on any atom is -0.387 e. The van der Waals surface area contributed by atoms with Crippen LogP contribution in [-0.2, 0) is 18.4 Å². The summed E-state index contributed by atoms with van der Waals surface area (Å²) in [5, 5.41) is 13.7. The van der Waals surface area contributed by atoms with Gasteiger partial charge in [0.2, 0.25) is 5.91 Å². The van der Waals surface area contributed by atoms with E-state index in [9.17, 15) is 19.4 Å². The minimum absolute atomic E-state index is 0.0473. The first-order chi connectivity index (χ1) is 23.5. The third-order valence-electron chi connectivity index (χ3n) is 7.65. The Morgan fingerprint density at radius 2 is 1.18 bits per heavy atom. The van der Waals surface area contributed by atoms with Gasteiger partial charge in [0.1, 0.15) is 13.2 Å². The molecule has 0 aliphatic heterocycles. The monoisotopic (exact) mass is 708 g/mol. The molecule has 0 rings (SSSR count). The van der Waals surface area contributed by atoms with E-state index >= 15 is 0 Å². The van der Waals surface area contributed by atoms with Crippen molar-refractivity contribution in [2.24, 2.45) is 0 Å². The van der Waals surface area contributed by atoms with Crippen LogP contribution in [0.4, 0.5) is 0 Å². The number of likely N-dealkylation sites (N-methyl/N-ethyl adjacent to an activating group) is 1. The third kappa shape index (κ3) is 34.2. The maximum Gasteiger partial charge on any atom is 0.472 e. The van der Waals surface area contributed by atoms with E-state index in [1.807, 2.05) is 27.2 Å². The number of aliphatic hydroxyl groups excluding tert-OH is 1. The largest absolute Gasteiger partial charge is 0.472 e. The van der Waals surface area contributed by atoms with E-state index in [1.54, 1.807) is 6.08 Å². The average molecular weight is 708 g/mol. The van der Waals surface area contributed by atoms with Crippen LogP contribution in [0.1, 0.15) is 123 Å². The Labute approximate surface area is 300 Å². The molecule has 1 amide bonds. The first-order valence-corrected chi connectivity index (χ1v) is 20.3. The quantitative estimate of drug-likeness (QED) is 0.0278. The van der Waals surface area contributed by atoms with Crippen molar-refractivity contribution in [3.05, 3.63) is 72.9 Å². The van der Waals surface area contributed by atoms with Crippen molar-refractivity contribution in [1.82, 2.24) is 5.32 Å². The lowest BCUT2D eigenvalue weighted by Crippen LogP contribution is -2.45. The Bertz CT molecular complexity index is 1030. The second kappa shape index (κ2) is 31.9. The third-order valence-corrected chi connectivity index (χ3v) is 8.63. The molecule has 3 unspecified atom stereocenters. The summed E-state index contributed by atoms with van der Waals surface area (Å²) in [6.45, 7) is 4.50. The molecule has 0 spiro atoms. The van der Waals surface area contributed by atoms with E-state index in [0.717, 1.165) is 83.5 Å². The van der Waals surface area contributed by atoms with Crippen LogP contribution in [-0.4, -0.2) is 73.4 Å². The van der Waals surface area contributed by atoms with Crippen LogP contribution in [0.3, 0.4) is 0 Å². The number of nitrogens with one attached hydrogen (secondary N) is 1. The highest BCUT2D eigenvalue weighted by Crippen LogP contribution is 2.43. The van der Waals surface area contributed by atoms with Gasteiger partial charge in [-0.15, -0.1) is 0 Å². The number of allylic oxidation sites excluding steroid dienone is 11. The summed E-state index contributed by atoms with van der Waals surface area (Å²) < 4.78 is 23.4. The first kappa shape index (κ1) is 46.9. The zero-order valence-corrected chi connectivity index (χ0v) is 32.5. The molecule has 9 heteroatoms. The van der Waals surface area contributed by atoms with E-state index in [4.69, 9.17) is 9.05 Å². The molecule has 0 aliphatic carbocycles. The number of carbonyl (C=O) groups is 1. The Morgan fingerprint density at radius 1 is 0.694 bits per heavy atom. The maximum atomic E-state index is 12.8. The van der Waals surface area contributed by atoms with Crippen LogP contribution in [0.25, 0.3) is 0 Å². The Kier molecular flexibility index (Phi) is 30.5. The number of hydrogen-bond acceptors (Lipinski definition) is 5. The molecule has 0 aromatic rings. The number of quaternary nitrogens is 1. The van der Waals surface area contributed by atoms with Gasteiger partial charge >= 0.3 is 7.82 Å². The van der Waals surface area contributed by atoms with Crippen LogP contribution in [0, 0.1) is 0 Å². The van der Waals surface area contributed by atoms with Crippen molar-refractivity contribution < 1.29 is 32.9 Å². The van der Waals surface area contributed by atoms with Crippen molar-refractivity contribution in [3.63, 3.8) is 0 Å². The summed E-state index contributed by atoms with van der Waals surface area (Å²) in [5.74, 6) is -0.209. The van der Waals surface area contributed by atoms with Gasteiger partial charge in [0.05, 0.1) is 39.9 Å². The van der Waals surface area contributed by atoms with E-state index in [-0.39, 0.29) is 19.1 Å². The van der Waals surface area contributed by atoms with Crippen molar-refractivity contribution in [2.75, 3.05) is 40.9 Å². The molecule has 0 fully saturated rings. The van der Waals surface area contributed by atoms with Gasteiger partial charge in [-0.1, -0.05) is 119 Å². The molecule has 282 valence electrons. The molecule has 8 nitrogen and oxygen atoms in total. The highest BCUT2D eigenvalue weighted by Gasteiger charge is 2.27. The van der Waals surface area contributed by atoms with E-state index in [1.165, 1.54) is 19.3 Å². The predicted molar refractivity (Wildman–Crippen MR) is 207 cm³/mol. The lowest BCUT2D eigenvalue weighted by molar-refractivity contribution is -0.870. The second-order valence-electron chi connectivity index (χ2n) is 13.5. The molecule has 49 heavy (non-hydrogen) atoms. The fraction of sp³-hybridized carbons (Fsp3) is 0.675. The second-order valence-corrected chi connectivity index (χ2v) is 15.0. The number of phosphoric ester groups is 1. The molecule has 0 saturated carbocycles. The lowest BCUT2D eigenvalue weighted by Gasteiger charge is -2.25. The number of rotatable bonds is 32. The summed E-state index contributed by atoms with van der Waals surface area (Å²) in [7, 11) is 1.52. The molecule has 0 aromatic heterocycles. The predicted octanol–water partition coefficient (Wildman–Crippen LogP) is 9.68. The summed E-state index contributed by atoms with van der Waals surface area (Å²) >= 11 is 0. The molecular formula is C40H72N2O6P+. The van der Waals surface area contributed by atoms with Crippen LogP contribution in [0.2, 0.25) is 0 Å². The minimum atomic E-state index is -4.34. The Balaban J connectivity index is 4.55. The molecular weight excluding hydrogens is 635 g/mol. The molecule has 0 aliphatic rings. The van der Waals surface area contributed by atoms with Gasteiger partial charge in [-0.25, -0.2) is 4.57 Å². The summed E-state index contributed by atoms with van der Waals surface area (Å²) in [6, 6.07) is -0.875. The topological polar surface area (TPSA) is 105 Å². The number of aliphatic hydroxyl groups is 1. The Hall–Kier alpha value is -2.06. The molecule has 0 saturated heterocycles. The number of phosphoric acid groups is 1. The van der Waals surface area contributed by atoms with E-state index in [0.29, 0.717) is 17.4 Å². The van der Waals surface area contributed by atoms with Gasteiger partial charge in [0, 0.05) is 6.42 Å². The highest BCUT2D eigenvalue weighted by molar-refractivity contribution is 7.47. The first-order valence-electron chi connectivity index (χ1n) is 18.8. The van der Waals surface area contributed by atoms with Crippen LogP contribution in [0.5, 0.6) is 0 Å². The normalized spacial score (nSPS) is 15.5. The van der Waals surface area contributed by atoms with Crippen LogP contribution in [0.15, 0.2) is 72.9 Å². The molecule has 0 aromatic carbocycles. The SMILES string of the molecule is CC/C=C\C/C=C\C/C=C\CCCCCCCCCC(=O)NC(COP(=O)(O)OCC[N+](C)(C)C)C(O)/C=C/CC/C=C/CC/C=C/CC. The van der Waals surface area contributed by atoms with Gasteiger partial charge < -0.3 is 19.8 Å². The van der Waals surface area contributed by atoms with Gasteiger partial charge in [0.25, 0.3) is 0 Å². The molecule has 0 radical (unpaired) electrons. The summed E-state index contributed by atoms with van der Waals surface area (Å²) in [6.07, 6.45) is 41.2.